The number of aliphatic hydroxyl groups is 1. The Morgan fingerprint density at radius 3 is 2.55 bits per heavy atom. The average molecular weight is 316 g/mol. The fourth-order valence-electron chi connectivity index (χ4n) is 1.88. The van der Waals surface area contributed by atoms with Crippen LogP contribution in [0, 0.1) is 0 Å². The van der Waals surface area contributed by atoms with E-state index in [0.29, 0.717) is 5.02 Å². The van der Waals surface area contributed by atoms with Crippen molar-refractivity contribution >= 4 is 40.6 Å². The van der Waals surface area contributed by atoms with E-state index < -0.39 is 17.6 Å². The fourth-order valence-corrected chi connectivity index (χ4v) is 2.39. The second kappa shape index (κ2) is 5.83. The van der Waals surface area contributed by atoms with E-state index in [4.69, 9.17) is 27.9 Å². The van der Waals surface area contributed by atoms with Crippen molar-refractivity contribution in [2.75, 3.05) is 20.3 Å². The van der Waals surface area contributed by atoms with Crippen LogP contribution >= 0.6 is 23.2 Å². The Kier molecular flexibility index (Phi) is 4.32. The molecule has 0 radical (unpaired) electrons. The van der Waals surface area contributed by atoms with Gasteiger partial charge in [0.1, 0.15) is 0 Å². The van der Waals surface area contributed by atoms with Crippen molar-refractivity contribution in [1.82, 2.24) is 4.90 Å². The molecule has 0 saturated heterocycles. The Bertz CT molecular complexity index is 612. The van der Waals surface area contributed by atoms with E-state index >= 15 is 0 Å². The van der Waals surface area contributed by atoms with Gasteiger partial charge in [-0.25, -0.2) is 0 Å². The summed E-state index contributed by atoms with van der Waals surface area (Å²) in [6.07, 6.45) is 0. The standard InChI is InChI=1S/C13H11Cl2NO4/c1-20-5-4-16-12(18)10(11(17)13(16)19)8-3-2-7(14)6-9(8)15/h2-3,6,17H,4-5H2,1H3. The van der Waals surface area contributed by atoms with Gasteiger partial charge in [-0.05, 0) is 12.1 Å². The minimum atomic E-state index is -0.756. The maximum Gasteiger partial charge on any atom is 0.296 e. The monoisotopic (exact) mass is 315 g/mol. The molecular formula is C13H11Cl2NO4. The molecule has 0 atom stereocenters. The van der Waals surface area contributed by atoms with Crippen LogP contribution < -0.4 is 0 Å². The van der Waals surface area contributed by atoms with E-state index in [0.717, 1.165) is 4.90 Å². The number of hydrogen-bond acceptors (Lipinski definition) is 4. The van der Waals surface area contributed by atoms with Crippen LogP contribution in [-0.4, -0.2) is 42.1 Å². The van der Waals surface area contributed by atoms with Gasteiger partial charge >= 0.3 is 0 Å². The molecule has 1 N–H and O–H groups in total. The van der Waals surface area contributed by atoms with Gasteiger partial charge in [-0.1, -0.05) is 29.3 Å². The van der Waals surface area contributed by atoms with Gasteiger partial charge < -0.3 is 9.84 Å². The molecule has 0 saturated carbocycles. The van der Waals surface area contributed by atoms with Gasteiger partial charge in [-0.3, -0.25) is 14.5 Å². The van der Waals surface area contributed by atoms with Crippen LogP contribution in [0.4, 0.5) is 0 Å². The second-order valence-electron chi connectivity index (χ2n) is 4.10. The number of benzene rings is 1. The number of methoxy groups -OCH3 is 1. The zero-order chi connectivity index (χ0) is 14.9. The number of carbonyl (C=O) groups excluding carboxylic acids is 2. The molecule has 0 aromatic heterocycles. The normalized spacial score (nSPS) is 15.4. The summed E-state index contributed by atoms with van der Waals surface area (Å²) >= 11 is 11.8. The van der Waals surface area contributed by atoms with Crippen LogP contribution in [0.5, 0.6) is 0 Å². The molecule has 106 valence electrons. The van der Waals surface area contributed by atoms with E-state index in [2.05, 4.69) is 0 Å². The molecule has 2 amide bonds. The van der Waals surface area contributed by atoms with Crippen molar-refractivity contribution in [1.29, 1.82) is 0 Å². The van der Waals surface area contributed by atoms with E-state index in [-0.39, 0.29) is 29.3 Å². The summed E-state index contributed by atoms with van der Waals surface area (Å²) < 4.78 is 4.83. The molecule has 0 aliphatic carbocycles. The Labute approximate surface area is 125 Å². The molecule has 20 heavy (non-hydrogen) atoms. The Hall–Kier alpha value is -1.56. The van der Waals surface area contributed by atoms with Crippen molar-refractivity contribution in [3.8, 4) is 0 Å². The summed E-state index contributed by atoms with van der Waals surface area (Å²) in [6.45, 7) is 0.249. The third kappa shape index (κ3) is 2.52. The smallest absolute Gasteiger partial charge is 0.296 e. The molecular weight excluding hydrogens is 305 g/mol. The van der Waals surface area contributed by atoms with Crippen LogP contribution in [0.3, 0.4) is 0 Å². The van der Waals surface area contributed by atoms with Crippen molar-refractivity contribution in [2.45, 2.75) is 0 Å². The highest BCUT2D eigenvalue weighted by molar-refractivity contribution is 6.40. The number of aliphatic hydroxyl groups excluding tert-OH is 1. The summed E-state index contributed by atoms with van der Waals surface area (Å²) in [5.74, 6) is -1.97. The lowest BCUT2D eigenvalue weighted by atomic mass is 10.1. The Morgan fingerprint density at radius 2 is 1.95 bits per heavy atom. The molecule has 5 nitrogen and oxygen atoms in total. The van der Waals surface area contributed by atoms with Crippen LogP contribution in [0.25, 0.3) is 5.57 Å². The number of hydrogen-bond donors (Lipinski definition) is 1. The SMILES string of the molecule is COCCN1C(=O)C(O)=C(c2ccc(Cl)cc2Cl)C1=O. The first kappa shape index (κ1) is 14.8. The number of nitrogens with zero attached hydrogens (tertiary/aromatic N) is 1. The number of rotatable bonds is 4. The fraction of sp³-hybridized carbons (Fsp3) is 0.231. The highest BCUT2D eigenvalue weighted by Crippen LogP contribution is 2.33. The minimum absolute atomic E-state index is 0.0624. The lowest BCUT2D eigenvalue weighted by Crippen LogP contribution is -2.34. The lowest BCUT2D eigenvalue weighted by molar-refractivity contribution is -0.138. The summed E-state index contributed by atoms with van der Waals surface area (Å²) in [5.41, 5.74) is 0.152. The topological polar surface area (TPSA) is 66.8 Å². The minimum Gasteiger partial charge on any atom is -0.502 e. The molecule has 1 aliphatic heterocycles. The first-order chi connectivity index (χ1) is 9.47. The highest BCUT2D eigenvalue weighted by Gasteiger charge is 2.39. The number of carbonyl (C=O) groups is 2. The largest absolute Gasteiger partial charge is 0.502 e. The average Bonchev–Trinajstić information content (AvgIpc) is 2.60. The van der Waals surface area contributed by atoms with Gasteiger partial charge in [0.25, 0.3) is 11.8 Å². The van der Waals surface area contributed by atoms with E-state index in [1.165, 1.54) is 25.3 Å². The molecule has 0 fully saturated rings. The van der Waals surface area contributed by atoms with Gasteiger partial charge in [0, 0.05) is 17.7 Å². The first-order valence-corrected chi connectivity index (χ1v) is 6.46. The van der Waals surface area contributed by atoms with E-state index in [1.807, 2.05) is 0 Å². The number of halogens is 2. The number of imide groups is 1. The van der Waals surface area contributed by atoms with Gasteiger partial charge in [0.2, 0.25) is 0 Å². The molecule has 7 heteroatoms. The summed E-state index contributed by atoms with van der Waals surface area (Å²) in [7, 11) is 1.45. The van der Waals surface area contributed by atoms with Gasteiger partial charge in [0.15, 0.2) is 5.76 Å². The van der Waals surface area contributed by atoms with Crippen LogP contribution in [-0.2, 0) is 14.3 Å². The zero-order valence-electron chi connectivity index (χ0n) is 10.5. The zero-order valence-corrected chi connectivity index (χ0v) is 12.0. The maximum absolute atomic E-state index is 12.2. The van der Waals surface area contributed by atoms with Crippen LogP contribution in [0.2, 0.25) is 10.0 Å². The molecule has 1 aliphatic rings. The van der Waals surface area contributed by atoms with E-state index in [9.17, 15) is 14.7 Å². The predicted molar refractivity (Wildman–Crippen MR) is 74.6 cm³/mol. The van der Waals surface area contributed by atoms with Crippen LogP contribution in [0.15, 0.2) is 24.0 Å². The van der Waals surface area contributed by atoms with Crippen molar-refractivity contribution in [2.24, 2.45) is 0 Å². The van der Waals surface area contributed by atoms with E-state index in [1.54, 1.807) is 0 Å². The third-order valence-corrected chi connectivity index (χ3v) is 3.41. The first-order valence-electron chi connectivity index (χ1n) is 5.71. The van der Waals surface area contributed by atoms with Gasteiger partial charge in [0.05, 0.1) is 23.7 Å². The molecule has 1 aromatic carbocycles. The van der Waals surface area contributed by atoms with Gasteiger partial charge in [-0.2, -0.15) is 0 Å². The van der Waals surface area contributed by atoms with Crippen molar-refractivity contribution < 1.29 is 19.4 Å². The van der Waals surface area contributed by atoms with Crippen molar-refractivity contribution in [3.05, 3.63) is 39.6 Å². The highest BCUT2D eigenvalue weighted by atomic mass is 35.5. The lowest BCUT2D eigenvalue weighted by Gasteiger charge is -2.13. The van der Waals surface area contributed by atoms with Crippen LogP contribution in [0.1, 0.15) is 5.56 Å². The van der Waals surface area contributed by atoms with Crippen molar-refractivity contribution in [3.63, 3.8) is 0 Å². The second-order valence-corrected chi connectivity index (χ2v) is 4.95. The quantitative estimate of drug-likeness (QED) is 0.866. The van der Waals surface area contributed by atoms with Gasteiger partial charge in [-0.15, -0.1) is 0 Å². The molecule has 0 bridgehead atoms. The Morgan fingerprint density at radius 1 is 1.25 bits per heavy atom. The molecule has 0 unspecified atom stereocenters. The number of ether oxygens (including phenoxy) is 1. The molecule has 2 rings (SSSR count). The molecule has 1 aromatic rings. The molecule has 1 heterocycles. The summed E-state index contributed by atoms with van der Waals surface area (Å²) in [4.78, 5) is 25.0. The maximum atomic E-state index is 12.2. The predicted octanol–water partition coefficient (Wildman–Crippen LogP) is 2.28. The number of amides is 2. The third-order valence-electron chi connectivity index (χ3n) is 2.86. The summed E-state index contributed by atoms with van der Waals surface area (Å²) in [5, 5.41) is 10.5. The molecule has 0 spiro atoms. The summed E-state index contributed by atoms with van der Waals surface area (Å²) in [6, 6.07) is 4.45. The Balaban J connectivity index is 2.41.